The van der Waals surface area contributed by atoms with Gasteiger partial charge in [0.1, 0.15) is 6.04 Å². The summed E-state index contributed by atoms with van der Waals surface area (Å²) in [6.07, 6.45) is 0. The Morgan fingerprint density at radius 1 is 0.963 bits per heavy atom. The first kappa shape index (κ1) is 21.5. The van der Waals surface area contributed by atoms with Crippen molar-refractivity contribution in [2.45, 2.75) is 13.5 Å². The lowest BCUT2D eigenvalue weighted by Gasteiger charge is -2.14. The zero-order valence-corrected chi connectivity index (χ0v) is 13.8. The van der Waals surface area contributed by atoms with Crippen LogP contribution in [0.15, 0.2) is 54.6 Å². The van der Waals surface area contributed by atoms with Crippen LogP contribution in [0.3, 0.4) is 0 Å². The van der Waals surface area contributed by atoms with E-state index in [4.69, 9.17) is 10.9 Å². The van der Waals surface area contributed by atoms with Gasteiger partial charge in [-0.1, -0.05) is 37.5 Å². The van der Waals surface area contributed by atoms with Crippen molar-refractivity contribution in [3.05, 3.63) is 71.3 Å². The van der Waals surface area contributed by atoms with Crippen molar-refractivity contribution in [3.8, 4) is 23.7 Å². The maximum absolute atomic E-state index is 12.1. The molecule has 138 valence electrons. The fourth-order valence-corrected chi connectivity index (χ4v) is 1.98. The minimum absolute atomic E-state index is 0. The van der Waals surface area contributed by atoms with E-state index in [9.17, 15) is 9.59 Å². The largest absolute Gasteiger partial charge is 0.339 e. The van der Waals surface area contributed by atoms with E-state index in [1.54, 1.807) is 24.3 Å². The second kappa shape index (κ2) is 11.1. The van der Waals surface area contributed by atoms with E-state index in [0.29, 0.717) is 11.1 Å². The number of carbonyl (C=O) groups excluding carboxylic acids is 2. The molecule has 2 rings (SSSR count). The summed E-state index contributed by atoms with van der Waals surface area (Å²) in [6, 6.07) is 15.0. The minimum atomic E-state index is -1.01. The highest BCUT2D eigenvalue weighted by Gasteiger charge is 2.19. The average Bonchev–Trinajstić information content (AvgIpc) is 2.70. The summed E-state index contributed by atoms with van der Waals surface area (Å²) in [6.45, 7) is -0.137. The molecule has 2 amide bonds. The number of carbonyl (C=O) groups is 2. The van der Waals surface area contributed by atoms with Crippen molar-refractivity contribution in [1.29, 1.82) is 0 Å². The highest BCUT2D eigenvalue weighted by molar-refractivity contribution is 5.97. The van der Waals surface area contributed by atoms with Gasteiger partial charge in [-0.2, -0.15) is 0 Å². The Hall–Kier alpha value is -3.58. The highest BCUT2D eigenvalue weighted by atomic mass is 16.5. The van der Waals surface area contributed by atoms with Crippen molar-refractivity contribution in [2.24, 2.45) is 5.73 Å². The van der Waals surface area contributed by atoms with Crippen LogP contribution >= 0.6 is 0 Å². The number of amides is 2. The molecular weight excluding hydrogens is 342 g/mol. The van der Waals surface area contributed by atoms with Gasteiger partial charge in [0.25, 0.3) is 11.8 Å². The molecule has 0 unspecified atom stereocenters. The molecule has 2 aromatic carbocycles. The summed E-state index contributed by atoms with van der Waals surface area (Å²) in [7, 11) is 0. The molecular formula is C21H21N3O3. The van der Waals surface area contributed by atoms with Crippen molar-refractivity contribution in [3.63, 3.8) is 0 Å². The van der Waals surface area contributed by atoms with Crippen LogP contribution in [0.2, 0.25) is 0 Å². The third-order valence-electron chi connectivity index (χ3n) is 3.36. The summed E-state index contributed by atoms with van der Waals surface area (Å²) in [5, 5.41) is 11.0. The van der Waals surface area contributed by atoms with Crippen molar-refractivity contribution in [1.82, 2.24) is 10.8 Å². The first-order chi connectivity index (χ1) is 12.6. The fraction of sp³-hybridized carbons (Fsp3) is 0.143. The van der Waals surface area contributed by atoms with Crippen LogP contribution in [0, 0.1) is 23.7 Å². The topological polar surface area (TPSA) is 104 Å². The molecule has 0 aromatic heterocycles. The Morgan fingerprint density at radius 3 is 2.04 bits per heavy atom. The van der Waals surface area contributed by atoms with E-state index in [0.717, 1.165) is 5.56 Å². The zero-order chi connectivity index (χ0) is 18.8. The number of benzene rings is 2. The maximum atomic E-state index is 12.1. The maximum Gasteiger partial charge on any atom is 0.267 e. The van der Waals surface area contributed by atoms with E-state index >= 15 is 0 Å². The minimum Gasteiger partial charge on any atom is -0.339 e. The molecule has 0 fully saturated rings. The van der Waals surface area contributed by atoms with E-state index in [1.165, 1.54) is 5.48 Å². The first-order valence-electron chi connectivity index (χ1n) is 7.76. The lowest BCUT2D eigenvalue weighted by Crippen LogP contribution is -2.50. The number of hydrogen-bond donors (Lipinski definition) is 4. The third-order valence-corrected chi connectivity index (χ3v) is 3.36. The molecule has 6 nitrogen and oxygen atoms in total. The molecule has 27 heavy (non-hydrogen) atoms. The summed E-state index contributed by atoms with van der Waals surface area (Å²) in [5.41, 5.74) is 8.78. The van der Waals surface area contributed by atoms with Crippen LogP contribution in [0.4, 0.5) is 0 Å². The van der Waals surface area contributed by atoms with Crippen LogP contribution in [0.25, 0.3) is 0 Å². The Labute approximate surface area is 158 Å². The molecule has 0 spiro atoms. The zero-order valence-electron chi connectivity index (χ0n) is 13.8. The molecule has 0 saturated heterocycles. The van der Waals surface area contributed by atoms with Gasteiger partial charge in [-0.3, -0.25) is 14.8 Å². The van der Waals surface area contributed by atoms with E-state index in [1.807, 2.05) is 30.3 Å². The monoisotopic (exact) mass is 363 g/mol. The second-order valence-corrected chi connectivity index (χ2v) is 5.18. The molecule has 5 N–H and O–H groups in total. The normalized spacial score (nSPS) is 10.0. The Bertz CT molecular complexity index is 885. The molecule has 0 bridgehead atoms. The number of nitrogens with two attached hydrogens (primary N) is 1. The molecule has 1 atom stereocenters. The summed E-state index contributed by atoms with van der Waals surface area (Å²) >= 11 is 0. The highest BCUT2D eigenvalue weighted by Crippen LogP contribution is 2.04. The molecule has 0 heterocycles. The number of hydrogen-bond acceptors (Lipinski definition) is 4. The smallest absolute Gasteiger partial charge is 0.267 e. The Morgan fingerprint density at radius 2 is 1.52 bits per heavy atom. The third kappa shape index (κ3) is 6.68. The molecule has 0 aliphatic rings. The van der Waals surface area contributed by atoms with Crippen LogP contribution < -0.4 is 16.5 Å². The van der Waals surface area contributed by atoms with E-state index in [2.05, 4.69) is 29.0 Å². The predicted octanol–water partition coefficient (Wildman–Crippen LogP) is 1.29. The lowest BCUT2D eigenvalue weighted by molar-refractivity contribution is -0.130. The standard InChI is InChI=1S/C20H17N3O3.CH4/c21-14-18(20(25)23-26)22-19(24)17-12-10-16(11-13-17)9-5-4-8-15-6-2-1-3-7-15;/h1-3,6-7,10-13,18,26H,14,21H2,(H,22,24)(H,23,25);1H4/t18-;/m0./s1. The first-order valence-corrected chi connectivity index (χ1v) is 7.76. The molecule has 0 saturated carbocycles. The fourth-order valence-electron chi connectivity index (χ4n) is 1.98. The van der Waals surface area contributed by atoms with Gasteiger partial charge in [0.2, 0.25) is 0 Å². The van der Waals surface area contributed by atoms with Crippen LogP contribution in [0.5, 0.6) is 0 Å². The molecule has 0 aliphatic carbocycles. The summed E-state index contributed by atoms with van der Waals surface area (Å²) in [4.78, 5) is 23.4. The molecule has 2 aromatic rings. The average molecular weight is 363 g/mol. The molecule has 0 radical (unpaired) electrons. The van der Waals surface area contributed by atoms with Gasteiger partial charge < -0.3 is 11.1 Å². The van der Waals surface area contributed by atoms with Gasteiger partial charge in [-0.25, -0.2) is 5.48 Å². The quantitative estimate of drug-likeness (QED) is 0.373. The summed E-state index contributed by atoms with van der Waals surface area (Å²) in [5.74, 6) is 10.1. The van der Waals surface area contributed by atoms with Crippen molar-refractivity contribution >= 4 is 11.8 Å². The van der Waals surface area contributed by atoms with E-state index in [-0.39, 0.29) is 14.0 Å². The van der Waals surface area contributed by atoms with Gasteiger partial charge in [0.15, 0.2) is 0 Å². The van der Waals surface area contributed by atoms with Gasteiger partial charge in [-0.15, -0.1) is 0 Å². The van der Waals surface area contributed by atoms with Gasteiger partial charge in [0, 0.05) is 23.2 Å². The van der Waals surface area contributed by atoms with Gasteiger partial charge in [-0.05, 0) is 48.2 Å². The van der Waals surface area contributed by atoms with Crippen LogP contribution in [-0.2, 0) is 4.79 Å². The van der Waals surface area contributed by atoms with Gasteiger partial charge in [0.05, 0.1) is 0 Å². The summed E-state index contributed by atoms with van der Waals surface area (Å²) < 4.78 is 0. The second-order valence-electron chi connectivity index (χ2n) is 5.18. The SMILES string of the molecule is C.NC[C@H](NC(=O)c1ccc(C#CC#Cc2ccccc2)cc1)C(=O)NO. The number of rotatable bonds is 4. The molecule has 0 aliphatic heterocycles. The van der Waals surface area contributed by atoms with Gasteiger partial charge >= 0.3 is 0 Å². The van der Waals surface area contributed by atoms with Crippen LogP contribution in [-0.4, -0.2) is 29.6 Å². The lowest BCUT2D eigenvalue weighted by atomic mass is 10.1. The predicted molar refractivity (Wildman–Crippen MR) is 104 cm³/mol. The Balaban J connectivity index is 0.00000364. The van der Waals surface area contributed by atoms with Crippen molar-refractivity contribution < 1.29 is 14.8 Å². The number of nitrogens with one attached hydrogen (secondary N) is 2. The Kier molecular flexibility index (Phi) is 8.84. The van der Waals surface area contributed by atoms with Crippen LogP contribution in [0.1, 0.15) is 28.9 Å². The number of hydroxylamine groups is 1. The van der Waals surface area contributed by atoms with Crippen molar-refractivity contribution in [2.75, 3.05) is 6.54 Å². The molecule has 6 heteroatoms. The van der Waals surface area contributed by atoms with E-state index < -0.39 is 17.9 Å².